The van der Waals surface area contributed by atoms with E-state index in [1.807, 2.05) is 12.3 Å². The molecule has 6 heteroatoms. The van der Waals surface area contributed by atoms with Crippen LogP contribution < -0.4 is 4.74 Å². The Kier molecular flexibility index (Phi) is 3.98. The SMILES string of the molecule is COc1cccc(CN2CCc3[nH]c(=S)ncc3C2)c1F. The lowest BCUT2D eigenvalue weighted by atomic mass is 10.1. The van der Waals surface area contributed by atoms with Gasteiger partial charge < -0.3 is 9.72 Å². The van der Waals surface area contributed by atoms with Crippen LogP contribution in [0.1, 0.15) is 16.8 Å². The maximum atomic E-state index is 14.2. The molecule has 0 bridgehead atoms. The Morgan fingerprint density at radius 2 is 2.33 bits per heavy atom. The molecule has 1 aliphatic heterocycles. The Labute approximate surface area is 127 Å². The number of benzene rings is 1. The highest BCUT2D eigenvalue weighted by Gasteiger charge is 2.19. The van der Waals surface area contributed by atoms with Gasteiger partial charge >= 0.3 is 0 Å². The van der Waals surface area contributed by atoms with E-state index in [0.29, 0.717) is 16.9 Å². The lowest BCUT2D eigenvalue weighted by Crippen LogP contribution is -2.31. The Morgan fingerprint density at radius 1 is 1.48 bits per heavy atom. The van der Waals surface area contributed by atoms with E-state index < -0.39 is 0 Å². The fraction of sp³-hybridized carbons (Fsp3) is 0.333. The first kappa shape index (κ1) is 14.2. The van der Waals surface area contributed by atoms with Crippen molar-refractivity contribution in [2.45, 2.75) is 19.5 Å². The Morgan fingerprint density at radius 3 is 3.14 bits per heavy atom. The van der Waals surface area contributed by atoms with Crippen LogP contribution in [0.3, 0.4) is 0 Å². The molecule has 1 aromatic carbocycles. The zero-order valence-corrected chi connectivity index (χ0v) is 12.5. The summed E-state index contributed by atoms with van der Waals surface area (Å²) in [6.07, 6.45) is 2.68. The summed E-state index contributed by atoms with van der Waals surface area (Å²) in [6, 6.07) is 5.24. The highest BCUT2D eigenvalue weighted by molar-refractivity contribution is 7.71. The van der Waals surface area contributed by atoms with Crippen molar-refractivity contribution in [1.82, 2.24) is 14.9 Å². The van der Waals surface area contributed by atoms with Gasteiger partial charge in [0, 0.05) is 49.1 Å². The van der Waals surface area contributed by atoms with E-state index in [1.165, 1.54) is 7.11 Å². The van der Waals surface area contributed by atoms with Crippen molar-refractivity contribution in [3.63, 3.8) is 0 Å². The van der Waals surface area contributed by atoms with Crippen molar-refractivity contribution >= 4 is 12.2 Å². The number of rotatable bonds is 3. The van der Waals surface area contributed by atoms with Crippen molar-refractivity contribution < 1.29 is 9.13 Å². The first-order valence-electron chi connectivity index (χ1n) is 6.78. The predicted molar refractivity (Wildman–Crippen MR) is 80.2 cm³/mol. The lowest BCUT2D eigenvalue weighted by molar-refractivity contribution is 0.238. The Hall–Kier alpha value is -1.79. The summed E-state index contributed by atoms with van der Waals surface area (Å²) in [5, 5.41) is 0. The van der Waals surface area contributed by atoms with Crippen molar-refractivity contribution in [2.75, 3.05) is 13.7 Å². The second kappa shape index (κ2) is 5.91. The van der Waals surface area contributed by atoms with Crippen molar-refractivity contribution in [1.29, 1.82) is 0 Å². The summed E-state index contributed by atoms with van der Waals surface area (Å²) in [5.41, 5.74) is 2.91. The molecule has 1 aliphatic rings. The molecule has 2 aromatic rings. The molecule has 1 aromatic heterocycles. The molecule has 21 heavy (non-hydrogen) atoms. The molecule has 110 valence electrons. The molecule has 0 amide bonds. The first-order valence-corrected chi connectivity index (χ1v) is 7.19. The highest BCUT2D eigenvalue weighted by Crippen LogP contribution is 2.23. The molecule has 2 heterocycles. The zero-order chi connectivity index (χ0) is 14.8. The molecule has 0 saturated heterocycles. The van der Waals surface area contributed by atoms with E-state index in [0.717, 1.165) is 30.8 Å². The number of methoxy groups -OCH3 is 1. The predicted octanol–water partition coefficient (Wildman–Crippen LogP) is 2.85. The molecule has 0 atom stereocenters. The number of hydrogen-bond acceptors (Lipinski definition) is 4. The van der Waals surface area contributed by atoms with E-state index in [1.54, 1.807) is 12.1 Å². The van der Waals surface area contributed by atoms with Gasteiger partial charge in [0.2, 0.25) is 0 Å². The van der Waals surface area contributed by atoms with Gasteiger partial charge in [-0.05, 0) is 18.3 Å². The molecule has 0 spiro atoms. The Bertz CT molecular complexity index is 716. The normalized spacial score (nSPS) is 14.8. The van der Waals surface area contributed by atoms with E-state index in [2.05, 4.69) is 14.9 Å². The standard InChI is InChI=1S/C15H16FN3OS/c1-20-13-4-2-3-10(14(13)16)8-19-6-5-12-11(9-19)7-17-15(21)18-12/h2-4,7H,5-6,8-9H2,1H3,(H,17,18,21). The van der Waals surface area contributed by atoms with Gasteiger partial charge in [0.05, 0.1) is 7.11 Å². The van der Waals surface area contributed by atoms with Crippen LogP contribution in [0.15, 0.2) is 24.4 Å². The van der Waals surface area contributed by atoms with Crippen LogP contribution in [0.4, 0.5) is 4.39 Å². The molecule has 0 radical (unpaired) electrons. The smallest absolute Gasteiger partial charge is 0.196 e. The third-order valence-electron chi connectivity index (χ3n) is 3.71. The van der Waals surface area contributed by atoms with E-state index in [9.17, 15) is 4.39 Å². The van der Waals surface area contributed by atoms with E-state index in [-0.39, 0.29) is 11.6 Å². The fourth-order valence-electron chi connectivity index (χ4n) is 2.62. The maximum Gasteiger partial charge on any atom is 0.196 e. The minimum atomic E-state index is -0.281. The van der Waals surface area contributed by atoms with Crippen LogP contribution in [0.2, 0.25) is 0 Å². The van der Waals surface area contributed by atoms with Crippen LogP contribution in [-0.2, 0) is 19.5 Å². The summed E-state index contributed by atoms with van der Waals surface area (Å²) < 4.78 is 19.7. The monoisotopic (exact) mass is 305 g/mol. The summed E-state index contributed by atoms with van der Waals surface area (Å²) in [6.45, 7) is 2.15. The molecular formula is C15H16FN3OS. The lowest BCUT2D eigenvalue weighted by Gasteiger charge is -2.28. The van der Waals surface area contributed by atoms with Gasteiger partial charge in [0.25, 0.3) is 0 Å². The third kappa shape index (κ3) is 2.96. The van der Waals surface area contributed by atoms with Gasteiger partial charge in [-0.1, -0.05) is 12.1 Å². The van der Waals surface area contributed by atoms with Gasteiger partial charge in [-0.15, -0.1) is 0 Å². The van der Waals surface area contributed by atoms with Gasteiger partial charge in [-0.25, -0.2) is 9.37 Å². The average molecular weight is 305 g/mol. The third-order valence-corrected chi connectivity index (χ3v) is 3.92. The van der Waals surface area contributed by atoms with Crippen LogP contribution in [0, 0.1) is 10.6 Å². The fourth-order valence-corrected chi connectivity index (χ4v) is 2.79. The van der Waals surface area contributed by atoms with Gasteiger partial charge in [0.15, 0.2) is 16.3 Å². The number of nitrogens with zero attached hydrogens (tertiary/aromatic N) is 2. The van der Waals surface area contributed by atoms with Crippen LogP contribution in [0.5, 0.6) is 5.75 Å². The quantitative estimate of drug-likeness (QED) is 0.885. The molecule has 3 rings (SSSR count). The van der Waals surface area contributed by atoms with Crippen LogP contribution in [-0.4, -0.2) is 28.5 Å². The second-order valence-electron chi connectivity index (χ2n) is 5.09. The number of aromatic amines is 1. The molecule has 0 aliphatic carbocycles. The first-order chi connectivity index (χ1) is 10.2. The zero-order valence-electron chi connectivity index (χ0n) is 11.7. The van der Waals surface area contributed by atoms with Crippen LogP contribution in [0.25, 0.3) is 0 Å². The molecule has 0 unspecified atom stereocenters. The molecule has 0 saturated carbocycles. The van der Waals surface area contributed by atoms with E-state index in [4.69, 9.17) is 17.0 Å². The number of fused-ring (bicyclic) bond motifs is 1. The summed E-state index contributed by atoms with van der Waals surface area (Å²) in [5.74, 6) is 0.00653. The number of aromatic nitrogens is 2. The van der Waals surface area contributed by atoms with Crippen LogP contribution >= 0.6 is 12.2 Å². The van der Waals surface area contributed by atoms with Gasteiger partial charge in [-0.2, -0.15) is 0 Å². The number of halogens is 1. The summed E-state index contributed by atoms with van der Waals surface area (Å²) >= 11 is 5.03. The maximum absolute atomic E-state index is 14.2. The van der Waals surface area contributed by atoms with Crippen molar-refractivity contribution in [3.05, 3.63) is 51.8 Å². The van der Waals surface area contributed by atoms with Gasteiger partial charge in [-0.3, -0.25) is 4.90 Å². The summed E-state index contributed by atoms with van der Waals surface area (Å²) in [4.78, 5) is 9.44. The number of hydrogen-bond donors (Lipinski definition) is 1. The molecular weight excluding hydrogens is 289 g/mol. The minimum Gasteiger partial charge on any atom is -0.494 e. The van der Waals surface area contributed by atoms with Crippen molar-refractivity contribution in [3.8, 4) is 5.75 Å². The number of H-pyrrole nitrogens is 1. The topological polar surface area (TPSA) is 41.1 Å². The molecule has 1 N–H and O–H groups in total. The average Bonchev–Trinajstić information content (AvgIpc) is 2.49. The molecule has 4 nitrogen and oxygen atoms in total. The highest BCUT2D eigenvalue weighted by atomic mass is 32.1. The second-order valence-corrected chi connectivity index (χ2v) is 5.47. The van der Waals surface area contributed by atoms with E-state index >= 15 is 0 Å². The largest absolute Gasteiger partial charge is 0.494 e. The minimum absolute atomic E-state index is 0.281. The summed E-state index contributed by atoms with van der Waals surface area (Å²) in [7, 11) is 1.48. The molecule has 0 fully saturated rings. The van der Waals surface area contributed by atoms with Gasteiger partial charge in [0.1, 0.15) is 0 Å². The number of ether oxygens (including phenoxy) is 1. The Balaban J connectivity index is 1.78. The number of nitrogens with one attached hydrogen (secondary N) is 1. The van der Waals surface area contributed by atoms with Crippen molar-refractivity contribution in [2.24, 2.45) is 0 Å².